The predicted octanol–water partition coefficient (Wildman–Crippen LogP) is 10.0. The van der Waals surface area contributed by atoms with Gasteiger partial charge in [-0.3, -0.25) is 0 Å². The summed E-state index contributed by atoms with van der Waals surface area (Å²) in [6, 6.07) is 32.8. The van der Waals surface area contributed by atoms with Crippen molar-refractivity contribution in [2.75, 3.05) is 0 Å². The van der Waals surface area contributed by atoms with Crippen LogP contribution < -0.4 is 0 Å². The topological polar surface area (TPSA) is 13.1 Å². The van der Waals surface area contributed by atoms with Crippen LogP contribution in [-0.2, 0) is 0 Å². The highest BCUT2D eigenvalue weighted by molar-refractivity contribution is 6.19. The van der Waals surface area contributed by atoms with Gasteiger partial charge < -0.3 is 4.42 Å². The summed E-state index contributed by atoms with van der Waals surface area (Å²) in [5, 5.41) is 7.49. The van der Waals surface area contributed by atoms with Crippen LogP contribution in [0.5, 0.6) is 0 Å². The summed E-state index contributed by atoms with van der Waals surface area (Å²) in [7, 11) is 0. The first-order valence-corrected chi connectivity index (χ1v) is 13.0. The minimum Gasteiger partial charge on any atom is -0.456 e. The fourth-order valence-electron chi connectivity index (χ4n) is 6.32. The SMILES string of the molecule is C1=CC2=CC=C(c3c4ccccc4c(-c4ccc5c(c4)oc4ccccc45)c4ccccc34)CC2C=C1. The molecular weight excluding hydrogens is 448 g/mol. The van der Waals surface area contributed by atoms with Crippen molar-refractivity contribution in [1.82, 2.24) is 0 Å². The third-order valence-corrected chi connectivity index (χ3v) is 8.01. The van der Waals surface area contributed by atoms with E-state index in [4.69, 9.17) is 4.42 Å². The Kier molecular flexibility index (Phi) is 4.41. The van der Waals surface area contributed by atoms with Crippen LogP contribution in [0.15, 0.2) is 137 Å². The first-order chi connectivity index (χ1) is 18.3. The normalized spacial score (nSPS) is 16.9. The molecule has 0 radical (unpaired) electrons. The van der Waals surface area contributed by atoms with E-state index in [1.54, 1.807) is 0 Å². The molecule has 37 heavy (non-hydrogen) atoms. The van der Waals surface area contributed by atoms with Crippen molar-refractivity contribution in [2.45, 2.75) is 6.42 Å². The van der Waals surface area contributed by atoms with Crippen molar-refractivity contribution >= 4 is 49.1 Å². The monoisotopic (exact) mass is 472 g/mol. The molecule has 1 unspecified atom stereocenters. The Morgan fingerprint density at radius 3 is 1.97 bits per heavy atom. The lowest BCUT2D eigenvalue weighted by Crippen LogP contribution is -2.07. The van der Waals surface area contributed by atoms with Crippen molar-refractivity contribution in [1.29, 1.82) is 0 Å². The zero-order valence-corrected chi connectivity index (χ0v) is 20.3. The van der Waals surface area contributed by atoms with Gasteiger partial charge in [-0.05, 0) is 74.0 Å². The van der Waals surface area contributed by atoms with Crippen LogP contribution in [0.25, 0.3) is 60.2 Å². The van der Waals surface area contributed by atoms with Gasteiger partial charge in [0.15, 0.2) is 0 Å². The molecule has 0 fully saturated rings. The van der Waals surface area contributed by atoms with Gasteiger partial charge in [-0.2, -0.15) is 0 Å². The Balaban J connectivity index is 1.42. The maximum absolute atomic E-state index is 6.28. The molecule has 0 bridgehead atoms. The molecular formula is C36H24O. The lowest BCUT2D eigenvalue weighted by Gasteiger charge is -2.25. The summed E-state index contributed by atoms with van der Waals surface area (Å²) < 4.78 is 6.28. The van der Waals surface area contributed by atoms with Crippen LogP contribution in [-0.4, -0.2) is 0 Å². The maximum Gasteiger partial charge on any atom is 0.136 e. The van der Waals surface area contributed by atoms with E-state index in [9.17, 15) is 0 Å². The van der Waals surface area contributed by atoms with Gasteiger partial charge in [-0.1, -0.05) is 109 Å². The Hall–Kier alpha value is -4.62. The van der Waals surface area contributed by atoms with Gasteiger partial charge in [-0.25, -0.2) is 0 Å². The van der Waals surface area contributed by atoms with Crippen LogP contribution in [0.1, 0.15) is 12.0 Å². The molecule has 1 heterocycles. The molecule has 1 nitrogen and oxygen atoms in total. The molecule has 1 aromatic heterocycles. The second-order valence-electron chi connectivity index (χ2n) is 10.1. The zero-order valence-electron chi connectivity index (χ0n) is 20.3. The fraction of sp³-hybridized carbons (Fsp3) is 0.0556. The summed E-state index contributed by atoms with van der Waals surface area (Å²) in [4.78, 5) is 0. The molecule has 6 aromatic rings. The first-order valence-electron chi connectivity index (χ1n) is 13.0. The second kappa shape index (κ2) is 7.94. The summed E-state index contributed by atoms with van der Waals surface area (Å²) in [6.07, 6.45) is 14.6. The highest BCUT2D eigenvalue weighted by Gasteiger charge is 2.23. The molecule has 2 aliphatic rings. The standard InChI is InChI=1S/C36H24O/c1-2-10-24-21-25(18-17-23(24)9-1)35-29-12-3-5-14-31(29)36(32-15-6-4-13-30(32)35)26-19-20-28-27-11-7-8-16-33(27)37-34(28)22-26/h1-20,22,24H,21H2. The van der Waals surface area contributed by atoms with E-state index in [1.807, 2.05) is 12.1 Å². The van der Waals surface area contributed by atoms with Gasteiger partial charge in [0.1, 0.15) is 11.2 Å². The number of fused-ring (bicyclic) bond motifs is 6. The van der Waals surface area contributed by atoms with Gasteiger partial charge in [0.25, 0.3) is 0 Å². The van der Waals surface area contributed by atoms with E-state index in [-0.39, 0.29) is 0 Å². The summed E-state index contributed by atoms with van der Waals surface area (Å²) in [5.74, 6) is 0.442. The molecule has 0 saturated carbocycles. The summed E-state index contributed by atoms with van der Waals surface area (Å²) in [6.45, 7) is 0. The molecule has 1 atom stereocenters. The van der Waals surface area contributed by atoms with Crippen LogP contribution in [0.3, 0.4) is 0 Å². The number of hydrogen-bond acceptors (Lipinski definition) is 1. The average Bonchev–Trinajstić information content (AvgIpc) is 3.33. The number of benzene rings is 5. The molecule has 0 saturated heterocycles. The molecule has 174 valence electrons. The molecule has 8 rings (SSSR count). The summed E-state index contributed by atoms with van der Waals surface area (Å²) >= 11 is 0. The average molecular weight is 473 g/mol. The Bertz CT molecular complexity index is 1950. The van der Waals surface area contributed by atoms with Gasteiger partial charge >= 0.3 is 0 Å². The van der Waals surface area contributed by atoms with Crippen molar-refractivity contribution in [3.05, 3.63) is 139 Å². The van der Waals surface area contributed by atoms with Crippen LogP contribution in [0.2, 0.25) is 0 Å². The Morgan fingerprint density at radius 2 is 1.22 bits per heavy atom. The van der Waals surface area contributed by atoms with E-state index in [0.717, 1.165) is 28.4 Å². The number of furan rings is 1. The Labute approximate surface area is 215 Å². The Morgan fingerprint density at radius 1 is 0.568 bits per heavy atom. The van der Waals surface area contributed by atoms with E-state index in [1.165, 1.54) is 49.4 Å². The molecule has 0 N–H and O–H groups in total. The molecule has 0 aliphatic heterocycles. The molecule has 2 aliphatic carbocycles. The highest BCUT2D eigenvalue weighted by atomic mass is 16.3. The first kappa shape index (κ1) is 20.6. The minimum absolute atomic E-state index is 0.442. The minimum atomic E-state index is 0.442. The smallest absolute Gasteiger partial charge is 0.136 e. The van der Waals surface area contributed by atoms with Crippen molar-refractivity contribution in [3.63, 3.8) is 0 Å². The van der Waals surface area contributed by atoms with Crippen LogP contribution in [0, 0.1) is 5.92 Å². The maximum atomic E-state index is 6.28. The second-order valence-corrected chi connectivity index (χ2v) is 10.1. The molecule has 0 amide bonds. The zero-order chi connectivity index (χ0) is 24.3. The van der Waals surface area contributed by atoms with E-state index in [2.05, 4.69) is 115 Å². The van der Waals surface area contributed by atoms with Gasteiger partial charge in [0.2, 0.25) is 0 Å². The molecule has 5 aromatic carbocycles. The lowest BCUT2D eigenvalue weighted by atomic mass is 9.79. The highest BCUT2D eigenvalue weighted by Crippen LogP contribution is 2.45. The van der Waals surface area contributed by atoms with Crippen LogP contribution >= 0.6 is 0 Å². The third-order valence-electron chi connectivity index (χ3n) is 8.01. The predicted molar refractivity (Wildman–Crippen MR) is 157 cm³/mol. The quantitative estimate of drug-likeness (QED) is 0.229. The van der Waals surface area contributed by atoms with Crippen molar-refractivity contribution in [3.8, 4) is 11.1 Å². The third kappa shape index (κ3) is 3.11. The van der Waals surface area contributed by atoms with Gasteiger partial charge in [0.05, 0.1) is 0 Å². The van der Waals surface area contributed by atoms with Gasteiger partial charge in [0, 0.05) is 16.7 Å². The molecule has 0 spiro atoms. The van der Waals surface area contributed by atoms with Crippen LogP contribution in [0.4, 0.5) is 0 Å². The number of para-hydroxylation sites is 1. The van der Waals surface area contributed by atoms with Gasteiger partial charge in [-0.15, -0.1) is 0 Å². The summed E-state index contributed by atoms with van der Waals surface area (Å²) in [5.41, 5.74) is 8.48. The van der Waals surface area contributed by atoms with E-state index >= 15 is 0 Å². The number of allylic oxidation sites excluding steroid dienone is 8. The van der Waals surface area contributed by atoms with E-state index in [0.29, 0.717) is 5.92 Å². The molecule has 1 heteroatoms. The largest absolute Gasteiger partial charge is 0.456 e. The number of hydrogen-bond donors (Lipinski definition) is 0. The van der Waals surface area contributed by atoms with E-state index < -0.39 is 0 Å². The fourth-order valence-corrected chi connectivity index (χ4v) is 6.32. The van der Waals surface area contributed by atoms with Crippen molar-refractivity contribution < 1.29 is 4.42 Å². The van der Waals surface area contributed by atoms with Crippen molar-refractivity contribution in [2.24, 2.45) is 5.92 Å². The number of rotatable bonds is 2. The lowest BCUT2D eigenvalue weighted by molar-refractivity contribution is 0.669.